The molecule has 0 spiro atoms. The second-order valence-electron chi connectivity index (χ2n) is 4.71. The summed E-state index contributed by atoms with van der Waals surface area (Å²) in [4.78, 5) is 11.6. The SMILES string of the molecule is CCC(C)NC(=O)COC1(CN)CCCOC1. The maximum Gasteiger partial charge on any atom is 0.246 e. The van der Waals surface area contributed by atoms with Crippen LogP contribution in [0.15, 0.2) is 0 Å². The molecule has 1 aliphatic heterocycles. The van der Waals surface area contributed by atoms with Gasteiger partial charge in [0, 0.05) is 19.2 Å². The number of hydrogen-bond donors (Lipinski definition) is 2. The third-order valence-corrected chi connectivity index (χ3v) is 3.19. The molecule has 0 aromatic rings. The van der Waals surface area contributed by atoms with E-state index in [-0.39, 0.29) is 18.6 Å². The molecular formula is C12H24N2O3. The van der Waals surface area contributed by atoms with E-state index < -0.39 is 5.60 Å². The fourth-order valence-corrected chi connectivity index (χ4v) is 1.80. The summed E-state index contributed by atoms with van der Waals surface area (Å²) in [6.07, 6.45) is 2.71. The van der Waals surface area contributed by atoms with E-state index in [1.807, 2.05) is 13.8 Å². The van der Waals surface area contributed by atoms with E-state index in [0.717, 1.165) is 25.9 Å². The minimum atomic E-state index is -0.467. The van der Waals surface area contributed by atoms with E-state index in [1.165, 1.54) is 0 Å². The molecule has 1 fully saturated rings. The van der Waals surface area contributed by atoms with Gasteiger partial charge in [-0.15, -0.1) is 0 Å². The average molecular weight is 244 g/mol. The smallest absolute Gasteiger partial charge is 0.246 e. The van der Waals surface area contributed by atoms with E-state index in [4.69, 9.17) is 15.2 Å². The van der Waals surface area contributed by atoms with Crippen molar-refractivity contribution in [1.29, 1.82) is 0 Å². The minimum absolute atomic E-state index is 0.0604. The number of carbonyl (C=O) groups excluding carboxylic acids is 1. The Labute approximate surface area is 103 Å². The van der Waals surface area contributed by atoms with Crippen LogP contribution in [-0.4, -0.2) is 43.9 Å². The molecule has 1 amide bonds. The van der Waals surface area contributed by atoms with Crippen LogP contribution in [0.4, 0.5) is 0 Å². The summed E-state index contributed by atoms with van der Waals surface area (Å²) in [5, 5.41) is 2.86. The summed E-state index contributed by atoms with van der Waals surface area (Å²) in [5.41, 5.74) is 5.25. The van der Waals surface area contributed by atoms with Gasteiger partial charge in [0.15, 0.2) is 0 Å². The molecule has 1 saturated heterocycles. The van der Waals surface area contributed by atoms with Crippen LogP contribution in [0.1, 0.15) is 33.1 Å². The van der Waals surface area contributed by atoms with Crippen LogP contribution < -0.4 is 11.1 Å². The number of nitrogens with one attached hydrogen (secondary N) is 1. The third-order valence-electron chi connectivity index (χ3n) is 3.19. The molecular weight excluding hydrogens is 220 g/mol. The summed E-state index contributed by atoms with van der Waals surface area (Å²) in [7, 11) is 0. The first-order chi connectivity index (χ1) is 8.12. The van der Waals surface area contributed by atoms with Crippen molar-refractivity contribution < 1.29 is 14.3 Å². The zero-order valence-electron chi connectivity index (χ0n) is 10.8. The van der Waals surface area contributed by atoms with Crippen molar-refractivity contribution >= 4 is 5.91 Å². The van der Waals surface area contributed by atoms with Crippen LogP contribution in [0.3, 0.4) is 0 Å². The Morgan fingerprint density at radius 2 is 2.41 bits per heavy atom. The lowest BCUT2D eigenvalue weighted by molar-refractivity contribution is -0.147. The molecule has 2 unspecified atom stereocenters. The molecule has 0 aromatic carbocycles. The molecule has 0 aliphatic carbocycles. The van der Waals surface area contributed by atoms with E-state index in [9.17, 15) is 4.79 Å². The second-order valence-corrected chi connectivity index (χ2v) is 4.71. The van der Waals surface area contributed by atoms with Crippen molar-refractivity contribution in [2.45, 2.75) is 44.8 Å². The molecule has 17 heavy (non-hydrogen) atoms. The minimum Gasteiger partial charge on any atom is -0.378 e. The lowest BCUT2D eigenvalue weighted by atomic mass is 9.96. The van der Waals surface area contributed by atoms with Crippen LogP contribution in [-0.2, 0) is 14.3 Å². The summed E-state index contributed by atoms with van der Waals surface area (Å²) >= 11 is 0. The predicted octanol–water partition coefficient (Wildman–Crippen LogP) is 0.426. The molecule has 2 atom stereocenters. The fraction of sp³-hybridized carbons (Fsp3) is 0.917. The van der Waals surface area contributed by atoms with Crippen molar-refractivity contribution in [3.05, 3.63) is 0 Å². The quantitative estimate of drug-likeness (QED) is 0.710. The number of carbonyl (C=O) groups is 1. The standard InChI is InChI=1S/C12H24N2O3/c1-3-10(2)14-11(15)7-17-12(8-13)5-4-6-16-9-12/h10H,3-9,13H2,1-2H3,(H,14,15). The Kier molecular flexibility index (Phi) is 5.88. The summed E-state index contributed by atoms with van der Waals surface area (Å²) in [6.45, 7) is 5.70. The first-order valence-corrected chi connectivity index (χ1v) is 6.33. The maximum atomic E-state index is 11.6. The van der Waals surface area contributed by atoms with Gasteiger partial charge in [0.25, 0.3) is 0 Å². The first kappa shape index (κ1) is 14.4. The van der Waals surface area contributed by atoms with Crippen LogP contribution in [0, 0.1) is 0 Å². The fourth-order valence-electron chi connectivity index (χ4n) is 1.80. The summed E-state index contributed by atoms with van der Waals surface area (Å²) < 4.78 is 11.0. The Hall–Kier alpha value is -0.650. The van der Waals surface area contributed by atoms with Crippen LogP contribution >= 0.6 is 0 Å². The normalized spacial score (nSPS) is 26.5. The molecule has 0 radical (unpaired) electrons. The Balaban J connectivity index is 2.34. The van der Waals surface area contributed by atoms with Crippen LogP contribution in [0.25, 0.3) is 0 Å². The summed E-state index contributed by atoms with van der Waals surface area (Å²) in [5.74, 6) is -0.0854. The molecule has 3 N–H and O–H groups in total. The van der Waals surface area contributed by atoms with Crippen LogP contribution in [0.5, 0.6) is 0 Å². The number of ether oxygens (including phenoxy) is 2. The zero-order valence-corrected chi connectivity index (χ0v) is 10.8. The molecule has 0 bridgehead atoms. The first-order valence-electron chi connectivity index (χ1n) is 6.33. The Morgan fingerprint density at radius 1 is 1.65 bits per heavy atom. The van der Waals surface area contributed by atoms with Crippen molar-refractivity contribution in [3.8, 4) is 0 Å². The van der Waals surface area contributed by atoms with Crippen molar-refractivity contribution in [3.63, 3.8) is 0 Å². The van der Waals surface area contributed by atoms with Crippen molar-refractivity contribution in [2.24, 2.45) is 5.73 Å². The Morgan fingerprint density at radius 3 is 2.94 bits per heavy atom. The lowest BCUT2D eigenvalue weighted by Crippen LogP contribution is -2.49. The van der Waals surface area contributed by atoms with Crippen LogP contribution in [0.2, 0.25) is 0 Å². The molecule has 100 valence electrons. The predicted molar refractivity (Wildman–Crippen MR) is 65.7 cm³/mol. The zero-order chi connectivity index (χ0) is 12.7. The molecule has 0 aromatic heterocycles. The summed E-state index contributed by atoms with van der Waals surface area (Å²) in [6, 6.07) is 0.183. The maximum absolute atomic E-state index is 11.6. The number of nitrogens with two attached hydrogens (primary N) is 1. The topological polar surface area (TPSA) is 73.6 Å². The van der Waals surface area contributed by atoms with Gasteiger partial charge >= 0.3 is 0 Å². The van der Waals surface area contributed by atoms with Gasteiger partial charge in [0.1, 0.15) is 12.2 Å². The van der Waals surface area contributed by atoms with Gasteiger partial charge in [-0.3, -0.25) is 4.79 Å². The molecule has 5 heteroatoms. The third kappa shape index (κ3) is 4.61. The number of hydrogen-bond acceptors (Lipinski definition) is 4. The van der Waals surface area contributed by atoms with E-state index in [1.54, 1.807) is 0 Å². The molecule has 1 rings (SSSR count). The highest BCUT2D eigenvalue weighted by Gasteiger charge is 2.33. The van der Waals surface area contributed by atoms with Gasteiger partial charge in [-0.1, -0.05) is 6.92 Å². The number of rotatable bonds is 6. The highest BCUT2D eigenvalue weighted by atomic mass is 16.5. The largest absolute Gasteiger partial charge is 0.378 e. The van der Waals surface area contributed by atoms with Gasteiger partial charge in [0.05, 0.1) is 6.61 Å². The molecule has 1 aliphatic rings. The molecule has 0 saturated carbocycles. The Bertz CT molecular complexity index is 240. The molecule has 1 heterocycles. The number of amides is 1. The van der Waals surface area contributed by atoms with Gasteiger partial charge in [-0.2, -0.15) is 0 Å². The van der Waals surface area contributed by atoms with Gasteiger partial charge in [-0.05, 0) is 26.2 Å². The highest BCUT2D eigenvalue weighted by molar-refractivity contribution is 5.77. The average Bonchev–Trinajstić information content (AvgIpc) is 2.37. The molecule has 5 nitrogen and oxygen atoms in total. The van der Waals surface area contributed by atoms with Crippen molar-refractivity contribution in [2.75, 3.05) is 26.4 Å². The van der Waals surface area contributed by atoms with E-state index >= 15 is 0 Å². The second kappa shape index (κ2) is 6.93. The van der Waals surface area contributed by atoms with Gasteiger partial charge in [-0.25, -0.2) is 0 Å². The highest BCUT2D eigenvalue weighted by Crippen LogP contribution is 2.22. The van der Waals surface area contributed by atoms with E-state index in [0.29, 0.717) is 13.2 Å². The van der Waals surface area contributed by atoms with Crippen molar-refractivity contribution in [1.82, 2.24) is 5.32 Å². The monoisotopic (exact) mass is 244 g/mol. The van der Waals surface area contributed by atoms with Gasteiger partial charge in [0.2, 0.25) is 5.91 Å². The van der Waals surface area contributed by atoms with E-state index in [2.05, 4.69) is 5.32 Å². The lowest BCUT2D eigenvalue weighted by Gasteiger charge is -2.35. The van der Waals surface area contributed by atoms with Gasteiger partial charge < -0.3 is 20.5 Å².